The Morgan fingerprint density at radius 1 is 0.833 bits per heavy atom. The molecule has 0 aromatic heterocycles. The largest absolute Gasteiger partial charge is 0.480 e. The fraction of sp³-hybridized carbons (Fsp3) is 0.194. The molecule has 0 spiro atoms. The number of aryl methyl sites for hydroxylation is 3. The maximum atomic E-state index is 14.8. The van der Waals surface area contributed by atoms with E-state index in [-0.39, 0.29) is 33.5 Å². The van der Waals surface area contributed by atoms with Crippen molar-refractivity contribution in [2.75, 3.05) is 5.75 Å². The zero-order chi connectivity index (χ0) is 30.8. The molecule has 11 heteroatoms. The van der Waals surface area contributed by atoms with Crippen molar-refractivity contribution in [3.8, 4) is 11.1 Å². The molecule has 0 aliphatic carbocycles. The van der Waals surface area contributed by atoms with E-state index in [1.807, 2.05) is 6.92 Å². The summed E-state index contributed by atoms with van der Waals surface area (Å²) in [5.74, 6) is -3.09. The number of benzene rings is 4. The smallest absolute Gasteiger partial charge is 0.319 e. The molecule has 0 saturated carbocycles. The molecule has 0 saturated heterocycles. The van der Waals surface area contributed by atoms with E-state index in [1.165, 1.54) is 40.7 Å². The van der Waals surface area contributed by atoms with Crippen LogP contribution in [0.4, 0.5) is 4.39 Å². The van der Waals surface area contributed by atoms with Gasteiger partial charge in [-0.3, -0.25) is 4.79 Å². The summed E-state index contributed by atoms with van der Waals surface area (Å²) in [5.41, 5.74) is 3.91. The van der Waals surface area contributed by atoms with Crippen LogP contribution < -0.4 is 0 Å². The molecule has 42 heavy (non-hydrogen) atoms. The van der Waals surface area contributed by atoms with E-state index in [1.54, 1.807) is 56.3 Å². The van der Waals surface area contributed by atoms with Gasteiger partial charge in [0.15, 0.2) is 15.6 Å². The van der Waals surface area contributed by atoms with E-state index in [2.05, 4.69) is 0 Å². The number of carboxylic acid groups (broad SMARTS) is 1. The maximum Gasteiger partial charge on any atom is 0.319 e. The molecule has 4 aromatic rings. The number of carbonyl (C=O) groups is 1. The minimum Gasteiger partial charge on any atom is -0.480 e. The minimum absolute atomic E-state index is 0.0566. The van der Waals surface area contributed by atoms with Crippen LogP contribution in [-0.2, 0) is 37.7 Å². The Bertz CT molecular complexity index is 1830. The summed E-state index contributed by atoms with van der Waals surface area (Å²) < 4.78 is 68.9. The first-order valence-electron chi connectivity index (χ1n) is 12.8. The SMILES string of the molecule is Cc1cc(C)c(S(=O)(=O)N(Cc2ccc(-c3cccc(S(=O)(=O)CC(=O)O)c3)cc2)Cc2c(F)cccc2Cl)c(C)c1. The quantitative estimate of drug-likeness (QED) is 0.220. The number of halogens is 2. The zero-order valence-electron chi connectivity index (χ0n) is 23.1. The Morgan fingerprint density at radius 3 is 2.05 bits per heavy atom. The van der Waals surface area contributed by atoms with E-state index in [9.17, 15) is 26.0 Å². The molecule has 0 radical (unpaired) electrons. The average molecular weight is 630 g/mol. The third kappa shape index (κ3) is 6.90. The molecule has 0 amide bonds. The van der Waals surface area contributed by atoms with Crippen LogP contribution in [0.2, 0.25) is 5.02 Å². The second-order valence-electron chi connectivity index (χ2n) is 10.1. The number of sulfonamides is 1. The second-order valence-corrected chi connectivity index (χ2v) is 14.4. The lowest BCUT2D eigenvalue weighted by Crippen LogP contribution is -2.32. The summed E-state index contributed by atoms with van der Waals surface area (Å²) in [6, 6.07) is 20.5. The molecule has 0 heterocycles. The van der Waals surface area contributed by atoms with Gasteiger partial charge in [0.05, 0.1) is 9.79 Å². The van der Waals surface area contributed by atoms with Gasteiger partial charge in [-0.25, -0.2) is 21.2 Å². The third-order valence-electron chi connectivity index (χ3n) is 6.75. The van der Waals surface area contributed by atoms with Gasteiger partial charge in [-0.2, -0.15) is 4.31 Å². The van der Waals surface area contributed by atoms with E-state index in [0.29, 0.717) is 27.8 Å². The van der Waals surface area contributed by atoms with Crippen LogP contribution in [0.15, 0.2) is 88.7 Å². The molecular weight excluding hydrogens is 601 g/mol. The molecule has 4 rings (SSSR count). The highest BCUT2D eigenvalue weighted by atomic mass is 35.5. The Hall–Kier alpha value is -3.57. The van der Waals surface area contributed by atoms with Gasteiger partial charge in [0.1, 0.15) is 5.82 Å². The lowest BCUT2D eigenvalue weighted by atomic mass is 10.0. The first kappa shape index (κ1) is 31.4. The first-order chi connectivity index (χ1) is 19.7. The van der Waals surface area contributed by atoms with Crippen molar-refractivity contribution >= 4 is 37.4 Å². The van der Waals surface area contributed by atoms with Crippen LogP contribution in [0, 0.1) is 26.6 Å². The Labute approximate surface area is 250 Å². The van der Waals surface area contributed by atoms with Gasteiger partial charge >= 0.3 is 5.97 Å². The Morgan fingerprint density at radius 2 is 1.45 bits per heavy atom. The van der Waals surface area contributed by atoms with Gasteiger partial charge in [0, 0.05) is 23.7 Å². The highest BCUT2D eigenvalue weighted by Crippen LogP contribution is 2.31. The fourth-order valence-electron chi connectivity index (χ4n) is 4.91. The highest BCUT2D eigenvalue weighted by molar-refractivity contribution is 7.92. The predicted molar refractivity (Wildman–Crippen MR) is 160 cm³/mol. The normalized spacial score (nSPS) is 12.0. The van der Waals surface area contributed by atoms with Crippen LogP contribution in [0.3, 0.4) is 0 Å². The summed E-state index contributed by atoms with van der Waals surface area (Å²) in [6.07, 6.45) is 0. The van der Waals surface area contributed by atoms with Gasteiger partial charge in [-0.05, 0) is 72.9 Å². The van der Waals surface area contributed by atoms with Crippen LogP contribution in [0.25, 0.3) is 11.1 Å². The number of carboxylic acids is 1. The number of sulfone groups is 1. The number of rotatable bonds is 10. The molecule has 0 aliphatic heterocycles. The molecule has 1 N–H and O–H groups in total. The van der Waals surface area contributed by atoms with E-state index in [4.69, 9.17) is 16.7 Å². The molecule has 0 unspecified atom stereocenters. The number of aliphatic carboxylic acids is 1. The molecule has 0 atom stereocenters. The Balaban J connectivity index is 1.71. The van der Waals surface area contributed by atoms with Crippen molar-refractivity contribution in [2.45, 2.75) is 43.7 Å². The van der Waals surface area contributed by atoms with Gasteiger partial charge in [-0.1, -0.05) is 71.8 Å². The predicted octanol–water partition coefficient (Wildman–Crippen LogP) is 6.32. The fourth-order valence-corrected chi connectivity index (χ4v) is 8.02. The zero-order valence-corrected chi connectivity index (χ0v) is 25.5. The van der Waals surface area contributed by atoms with Crippen LogP contribution in [0.5, 0.6) is 0 Å². The standard InChI is InChI=1S/C31H29ClFNO6S2/c1-20-14-21(2)31(22(3)15-20)42(39,40)34(18-27-28(32)8-5-9-29(27)33)17-23-10-12-24(13-11-23)25-6-4-7-26(16-25)41(37,38)19-30(35)36/h4-16H,17-19H2,1-3H3,(H,35,36). The lowest BCUT2D eigenvalue weighted by molar-refractivity contribution is -0.134. The van der Waals surface area contributed by atoms with Crippen LogP contribution in [-0.4, -0.2) is 38.0 Å². The summed E-state index contributed by atoms with van der Waals surface area (Å²) in [5, 5.41) is 9.05. The van der Waals surface area contributed by atoms with Gasteiger partial charge < -0.3 is 5.11 Å². The van der Waals surface area contributed by atoms with Crippen molar-refractivity contribution in [3.05, 3.63) is 118 Å². The van der Waals surface area contributed by atoms with E-state index < -0.39 is 37.4 Å². The number of nitrogens with zero attached hydrogens (tertiary/aromatic N) is 1. The van der Waals surface area contributed by atoms with E-state index in [0.717, 1.165) is 5.56 Å². The molecule has 0 fully saturated rings. The van der Waals surface area contributed by atoms with Crippen molar-refractivity contribution in [2.24, 2.45) is 0 Å². The highest BCUT2D eigenvalue weighted by Gasteiger charge is 2.30. The summed E-state index contributed by atoms with van der Waals surface area (Å²) >= 11 is 6.28. The van der Waals surface area contributed by atoms with Gasteiger partial charge in [-0.15, -0.1) is 0 Å². The molecule has 4 aromatic carbocycles. The monoisotopic (exact) mass is 629 g/mol. The van der Waals surface area contributed by atoms with Crippen LogP contribution in [0.1, 0.15) is 27.8 Å². The van der Waals surface area contributed by atoms with Gasteiger partial charge in [0.2, 0.25) is 10.0 Å². The lowest BCUT2D eigenvalue weighted by Gasteiger charge is -2.25. The number of hydrogen-bond donors (Lipinski definition) is 1. The van der Waals surface area contributed by atoms with Gasteiger partial charge in [0.25, 0.3) is 0 Å². The average Bonchev–Trinajstić information content (AvgIpc) is 2.89. The minimum atomic E-state index is -4.11. The maximum absolute atomic E-state index is 14.8. The van der Waals surface area contributed by atoms with Crippen molar-refractivity contribution in [1.82, 2.24) is 4.31 Å². The first-order valence-corrected chi connectivity index (χ1v) is 16.3. The molecule has 7 nitrogen and oxygen atoms in total. The summed E-state index contributed by atoms with van der Waals surface area (Å²) in [7, 11) is -8.13. The van der Waals surface area contributed by atoms with Crippen molar-refractivity contribution < 1.29 is 31.1 Å². The summed E-state index contributed by atoms with van der Waals surface area (Å²) in [6.45, 7) is 4.94. The molecule has 0 bridgehead atoms. The second kappa shape index (κ2) is 12.3. The summed E-state index contributed by atoms with van der Waals surface area (Å²) in [4.78, 5) is 11.0. The molecule has 220 valence electrons. The third-order valence-corrected chi connectivity index (χ3v) is 10.8. The molecule has 0 aliphatic rings. The number of hydrogen-bond acceptors (Lipinski definition) is 5. The van der Waals surface area contributed by atoms with Crippen LogP contribution >= 0.6 is 11.6 Å². The topological polar surface area (TPSA) is 109 Å². The van der Waals surface area contributed by atoms with Crippen molar-refractivity contribution in [1.29, 1.82) is 0 Å². The Kier molecular flexibility index (Phi) is 9.22. The van der Waals surface area contributed by atoms with E-state index >= 15 is 0 Å². The van der Waals surface area contributed by atoms with Crippen molar-refractivity contribution in [3.63, 3.8) is 0 Å². The molecular formula is C31H29ClFNO6S2.